The lowest BCUT2D eigenvalue weighted by Gasteiger charge is -2.38. The SMILES string of the molecule is CC1(CN2CCN(CC(=O)Nc3ccccc3F)CC2)CCNC1.Cl. The highest BCUT2D eigenvalue weighted by atomic mass is 35.5. The molecule has 3 rings (SSSR count). The summed E-state index contributed by atoms with van der Waals surface area (Å²) in [6, 6.07) is 6.27. The number of hydrogen-bond donors (Lipinski definition) is 2. The fourth-order valence-electron chi connectivity index (χ4n) is 3.60. The van der Waals surface area contributed by atoms with Gasteiger partial charge in [0.1, 0.15) is 5.82 Å². The monoisotopic (exact) mass is 370 g/mol. The van der Waals surface area contributed by atoms with E-state index < -0.39 is 5.82 Å². The summed E-state index contributed by atoms with van der Waals surface area (Å²) in [4.78, 5) is 16.7. The zero-order valence-corrected chi connectivity index (χ0v) is 15.6. The molecule has 1 unspecified atom stereocenters. The van der Waals surface area contributed by atoms with Gasteiger partial charge in [0.25, 0.3) is 0 Å². The van der Waals surface area contributed by atoms with E-state index in [9.17, 15) is 9.18 Å². The topological polar surface area (TPSA) is 47.6 Å². The van der Waals surface area contributed by atoms with Crippen LogP contribution in [0.15, 0.2) is 24.3 Å². The molecule has 0 saturated carbocycles. The summed E-state index contributed by atoms with van der Waals surface area (Å²) in [5, 5.41) is 6.10. The Kier molecular flexibility index (Phi) is 7.19. The van der Waals surface area contributed by atoms with Gasteiger partial charge in [-0.05, 0) is 30.5 Å². The maximum Gasteiger partial charge on any atom is 0.238 e. The van der Waals surface area contributed by atoms with Crippen molar-refractivity contribution in [1.82, 2.24) is 15.1 Å². The molecule has 1 amide bonds. The van der Waals surface area contributed by atoms with Crippen LogP contribution in [0.2, 0.25) is 0 Å². The fourth-order valence-corrected chi connectivity index (χ4v) is 3.60. The summed E-state index contributed by atoms with van der Waals surface area (Å²) < 4.78 is 13.6. The van der Waals surface area contributed by atoms with E-state index in [-0.39, 0.29) is 24.0 Å². The molecule has 0 bridgehead atoms. The number of nitrogens with zero attached hydrogens (tertiary/aromatic N) is 2. The van der Waals surface area contributed by atoms with Crippen LogP contribution in [0.3, 0.4) is 0 Å². The maximum absolute atomic E-state index is 13.6. The smallest absolute Gasteiger partial charge is 0.238 e. The number of nitrogens with one attached hydrogen (secondary N) is 2. The van der Waals surface area contributed by atoms with Crippen LogP contribution < -0.4 is 10.6 Å². The molecule has 7 heteroatoms. The Morgan fingerprint density at radius 1 is 1.24 bits per heavy atom. The van der Waals surface area contributed by atoms with Gasteiger partial charge < -0.3 is 15.5 Å². The summed E-state index contributed by atoms with van der Waals surface area (Å²) >= 11 is 0. The van der Waals surface area contributed by atoms with E-state index in [2.05, 4.69) is 27.4 Å². The van der Waals surface area contributed by atoms with Crippen molar-refractivity contribution in [3.05, 3.63) is 30.1 Å². The Labute approximate surface area is 155 Å². The molecule has 2 aliphatic heterocycles. The minimum absolute atomic E-state index is 0. The fraction of sp³-hybridized carbons (Fsp3) is 0.611. The maximum atomic E-state index is 13.6. The molecule has 1 aromatic rings. The molecule has 5 nitrogen and oxygen atoms in total. The van der Waals surface area contributed by atoms with Gasteiger partial charge in [-0.1, -0.05) is 19.1 Å². The number of benzene rings is 1. The Hall–Kier alpha value is -1.21. The van der Waals surface area contributed by atoms with Crippen LogP contribution >= 0.6 is 12.4 Å². The molecule has 2 N–H and O–H groups in total. The number of carbonyl (C=O) groups excluding carboxylic acids is 1. The standard InChI is InChI=1S/C18H27FN4O.ClH/c1-18(6-7-20-13-18)14-23-10-8-22(9-11-23)12-17(24)21-16-5-3-2-4-15(16)19;/h2-5,20H,6-14H2,1H3,(H,21,24);1H. The quantitative estimate of drug-likeness (QED) is 0.829. The van der Waals surface area contributed by atoms with Crippen LogP contribution in [-0.4, -0.2) is 68.1 Å². The van der Waals surface area contributed by atoms with Crippen molar-refractivity contribution < 1.29 is 9.18 Å². The summed E-state index contributed by atoms with van der Waals surface area (Å²) in [6.07, 6.45) is 1.23. The van der Waals surface area contributed by atoms with Gasteiger partial charge in [-0.3, -0.25) is 9.69 Å². The molecule has 140 valence electrons. The largest absolute Gasteiger partial charge is 0.322 e. The second kappa shape index (κ2) is 8.94. The molecule has 0 radical (unpaired) electrons. The number of para-hydroxylation sites is 1. The Morgan fingerprint density at radius 3 is 2.56 bits per heavy atom. The first-order valence-electron chi connectivity index (χ1n) is 8.74. The summed E-state index contributed by atoms with van der Waals surface area (Å²) in [5.74, 6) is -0.547. The van der Waals surface area contributed by atoms with E-state index in [0.717, 1.165) is 45.8 Å². The van der Waals surface area contributed by atoms with Crippen molar-refractivity contribution in [2.24, 2.45) is 5.41 Å². The lowest BCUT2D eigenvalue weighted by atomic mass is 9.89. The lowest BCUT2D eigenvalue weighted by Crippen LogP contribution is -2.51. The Morgan fingerprint density at radius 2 is 1.92 bits per heavy atom. The van der Waals surface area contributed by atoms with Gasteiger partial charge in [-0.15, -0.1) is 12.4 Å². The van der Waals surface area contributed by atoms with Crippen molar-refractivity contribution in [2.75, 3.05) is 57.7 Å². The minimum atomic E-state index is -0.394. The van der Waals surface area contributed by atoms with Crippen LogP contribution in [0, 0.1) is 11.2 Å². The van der Waals surface area contributed by atoms with Crippen LogP contribution in [-0.2, 0) is 4.79 Å². The normalized spacial score (nSPS) is 24.7. The molecular weight excluding hydrogens is 343 g/mol. The molecule has 0 aromatic heterocycles. The molecule has 2 aliphatic rings. The zero-order chi connectivity index (χ0) is 17.0. The molecule has 25 heavy (non-hydrogen) atoms. The zero-order valence-electron chi connectivity index (χ0n) is 14.8. The average molecular weight is 371 g/mol. The predicted octanol–water partition coefficient (Wildman–Crippen LogP) is 1.80. The second-order valence-corrected chi connectivity index (χ2v) is 7.32. The summed E-state index contributed by atoms with van der Waals surface area (Å²) in [6.45, 7) is 9.75. The van der Waals surface area contributed by atoms with Crippen molar-refractivity contribution >= 4 is 24.0 Å². The van der Waals surface area contributed by atoms with Crippen molar-refractivity contribution in [3.63, 3.8) is 0 Å². The number of halogens is 2. The highest BCUT2D eigenvalue weighted by Crippen LogP contribution is 2.26. The van der Waals surface area contributed by atoms with E-state index in [1.165, 1.54) is 12.5 Å². The highest BCUT2D eigenvalue weighted by molar-refractivity contribution is 5.92. The van der Waals surface area contributed by atoms with E-state index in [1.54, 1.807) is 18.2 Å². The molecule has 0 aliphatic carbocycles. The second-order valence-electron chi connectivity index (χ2n) is 7.32. The molecule has 2 fully saturated rings. The van der Waals surface area contributed by atoms with Gasteiger partial charge in [-0.2, -0.15) is 0 Å². The Balaban J connectivity index is 0.00000225. The van der Waals surface area contributed by atoms with Crippen LogP contribution in [0.25, 0.3) is 0 Å². The van der Waals surface area contributed by atoms with E-state index >= 15 is 0 Å². The third-order valence-corrected chi connectivity index (χ3v) is 5.04. The molecule has 1 atom stereocenters. The molecule has 2 saturated heterocycles. The molecule has 0 spiro atoms. The third kappa shape index (κ3) is 5.64. The average Bonchev–Trinajstić information content (AvgIpc) is 2.98. The first-order chi connectivity index (χ1) is 11.5. The van der Waals surface area contributed by atoms with Crippen LogP contribution in [0.5, 0.6) is 0 Å². The lowest BCUT2D eigenvalue weighted by molar-refractivity contribution is -0.117. The van der Waals surface area contributed by atoms with Crippen molar-refractivity contribution in [3.8, 4) is 0 Å². The van der Waals surface area contributed by atoms with Crippen LogP contribution in [0.4, 0.5) is 10.1 Å². The first kappa shape index (κ1) is 20.1. The summed E-state index contributed by atoms with van der Waals surface area (Å²) in [7, 11) is 0. The van der Waals surface area contributed by atoms with Crippen molar-refractivity contribution in [2.45, 2.75) is 13.3 Å². The third-order valence-electron chi connectivity index (χ3n) is 5.04. The number of amides is 1. The predicted molar refractivity (Wildman–Crippen MR) is 101 cm³/mol. The number of carbonyl (C=O) groups is 1. The molecule has 2 heterocycles. The number of hydrogen-bond acceptors (Lipinski definition) is 4. The van der Waals surface area contributed by atoms with Gasteiger partial charge >= 0.3 is 0 Å². The van der Waals surface area contributed by atoms with Crippen LogP contribution in [0.1, 0.15) is 13.3 Å². The molecule has 1 aromatic carbocycles. The number of rotatable bonds is 5. The van der Waals surface area contributed by atoms with E-state index in [1.807, 2.05) is 0 Å². The van der Waals surface area contributed by atoms with Gasteiger partial charge in [0.2, 0.25) is 5.91 Å². The Bertz CT molecular complexity index is 572. The van der Waals surface area contributed by atoms with Gasteiger partial charge in [-0.25, -0.2) is 4.39 Å². The first-order valence-corrected chi connectivity index (χ1v) is 8.74. The van der Waals surface area contributed by atoms with Gasteiger partial charge in [0.05, 0.1) is 12.2 Å². The number of anilines is 1. The number of piperazine rings is 1. The van der Waals surface area contributed by atoms with E-state index in [4.69, 9.17) is 0 Å². The molecular formula is C18H28ClFN4O. The van der Waals surface area contributed by atoms with Crippen molar-refractivity contribution in [1.29, 1.82) is 0 Å². The van der Waals surface area contributed by atoms with E-state index in [0.29, 0.717) is 12.0 Å². The minimum Gasteiger partial charge on any atom is -0.322 e. The van der Waals surface area contributed by atoms with Gasteiger partial charge in [0.15, 0.2) is 0 Å². The highest BCUT2D eigenvalue weighted by Gasteiger charge is 2.31. The van der Waals surface area contributed by atoms with Gasteiger partial charge in [0, 0.05) is 39.3 Å². The summed E-state index contributed by atoms with van der Waals surface area (Å²) in [5.41, 5.74) is 0.632.